The highest BCUT2D eigenvalue weighted by molar-refractivity contribution is 9.11. The lowest BCUT2D eigenvalue weighted by molar-refractivity contribution is 0.280. The third kappa shape index (κ3) is 3.16. The average molecular weight is 428 g/mol. The molecule has 0 amide bonds. The zero-order chi connectivity index (χ0) is 14.8. The maximum absolute atomic E-state index is 9.19. The minimum atomic E-state index is 0.00660. The molecule has 0 unspecified atom stereocenters. The third-order valence-electron chi connectivity index (χ3n) is 3.17. The molecule has 0 aliphatic rings. The summed E-state index contributed by atoms with van der Waals surface area (Å²) in [6.07, 6.45) is 0. The maximum Gasteiger partial charge on any atom is 0.148 e. The van der Waals surface area contributed by atoms with Crippen LogP contribution in [0.4, 0.5) is 0 Å². The summed E-state index contributed by atoms with van der Waals surface area (Å²) in [5.74, 6) is 0.752. The highest BCUT2D eigenvalue weighted by atomic mass is 79.9. The van der Waals surface area contributed by atoms with Gasteiger partial charge in [-0.15, -0.1) is 11.3 Å². The lowest BCUT2D eigenvalue weighted by Gasteiger charge is -2.11. The number of hydrogen-bond acceptors (Lipinski definition) is 3. The number of aliphatic hydroxyl groups is 1. The smallest absolute Gasteiger partial charge is 0.148 e. The summed E-state index contributed by atoms with van der Waals surface area (Å²) in [6, 6.07) is 12.1. The maximum atomic E-state index is 9.19. The molecule has 0 saturated carbocycles. The Kier molecular flexibility index (Phi) is 4.64. The number of halogens is 2. The Labute approximate surface area is 143 Å². The molecule has 2 aromatic carbocycles. The van der Waals surface area contributed by atoms with Crippen LogP contribution >= 0.6 is 43.2 Å². The molecular weight excluding hydrogens is 416 g/mol. The summed E-state index contributed by atoms with van der Waals surface area (Å²) in [6.45, 7) is 0.520. The zero-order valence-electron chi connectivity index (χ0n) is 11.0. The van der Waals surface area contributed by atoms with Crippen LogP contribution < -0.4 is 4.74 Å². The highest BCUT2D eigenvalue weighted by Gasteiger charge is 2.10. The fraction of sp³-hybridized carbons (Fsp3) is 0.125. The molecule has 5 heteroatoms. The van der Waals surface area contributed by atoms with Crippen LogP contribution in [-0.4, -0.2) is 5.11 Å². The molecule has 108 valence electrons. The molecular formula is C16H12Br2O2S. The van der Waals surface area contributed by atoms with Gasteiger partial charge in [0.15, 0.2) is 0 Å². The minimum absolute atomic E-state index is 0.00660. The molecule has 2 nitrogen and oxygen atoms in total. The van der Waals surface area contributed by atoms with Crippen LogP contribution in [-0.2, 0) is 13.2 Å². The lowest BCUT2D eigenvalue weighted by atomic mass is 10.2. The molecule has 3 aromatic rings. The van der Waals surface area contributed by atoms with Gasteiger partial charge in [-0.3, -0.25) is 0 Å². The van der Waals surface area contributed by atoms with Gasteiger partial charge < -0.3 is 9.84 Å². The zero-order valence-corrected chi connectivity index (χ0v) is 15.0. The number of fused-ring (bicyclic) bond motifs is 1. The van der Waals surface area contributed by atoms with Crippen molar-refractivity contribution in [1.29, 1.82) is 0 Å². The third-order valence-corrected chi connectivity index (χ3v) is 5.36. The molecule has 0 radical (unpaired) electrons. The van der Waals surface area contributed by atoms with E-state index >= 15 is 0 Å². The van der Waals surface area contributed by atoms with E-state index in [4.69, 9.17) is 4.74 Å². The van der Waals surface area contributed by atoms with E-state index in [1.165, 1.54) is 15.6 Å². The monoisotopic (exact) mass is 426 g/mol. The van der Waals surface area contributed by atoms with E-state index in [0.29, 0.717) is 6.61 Å². The molecule has 3 rings (SSSR count). The molecule has 0 aliphatic carbocycles. The Bertz CT molecular complexity index is 760. The molecule has 1 aromatic heterocycles. The summed E-state index contributed by atoms with van der Waals surface area (Å²) >= 11 is 8.71. The van der Waals surface area contributed by atoms with Crippen molar-refractivity contribution >= 4 is 53.3 Å². The van der Waals surface area contributed by atoms with Crippen LogP contribution in [0.25, 0.3) is 10.1 Å². The van der Waals surface area contributed by atoms with Gasteiger partial charge >= 0.3 is 0 Å². The van der Waals surface area contributed by atoms with Gasteiger partial charge in [-0.2, -0.15) is 0 Å². The highest BCUT2D eigenvalue weighted by Crippen LogP contribution is 2.36. The molecule has 0 spiro atoms. The van der Waals surface area contributed by atoms with Gasteiger partial charge in [0.2, 0.25) is 0 Å². The van der Waals surface area contributed by atoms with Crippen LogP contribution in [0.5, 0.6) is 5.75 Å². The Hall–Kier alpha value is -0.880. The molecule has 0 atom stereocenters. The summed E-state index contributed by atoms with van der Waals surface area (Å²) in [7, 11) is 0. The number of aliphatic hydroxyl groups excluding tert-OH is 1. The van der Waals surface area contributed by atoms with Gasteiger partial charge in [-0.25, -0.2) is 0 Å². The molecule has 0 fully saturated rings. The fourth-order valence-electron chi connectivity index (χ4n) is 2.14. The first-order valence-electron chi connectivity index (χ1n) is 6.35. The van der Waals surface area contributed by atoms with Crippen LogP contribution in [0.3, 0.4) is 0 Å². The summed E-state index contributed by atoms with van der Waals surface area (Å²) in [5.41, 5.74) is 2.02. The van der Waals surface area contributed by atoms with Gasteiger partial charge in [0.25, 0.3) is 0 Å². The van der Waals surface area contributed by atoms with Gasteiger partial charge in [0, 0.05) is 10.3 Å². The van der Waals surface area contributed by atoms with Crippen LogP contribution in [0.2, 0.25) is 0 Å². The number of rotatable bonds is 4. The van der Waals surface area contributed by atoms with E-state index in [1.54, 1.807) is 11.3 Å². The Balaban J connectivity index is 1.85. The predicted molar refractivity (Wildman–Crippen MR) is 93.9 cm³/mol. The molecule has 0 aliphatic heterocycles. The summed E-state index contributed by atoms with van der Waals surface area (Å²) in [5, 5.41) is 12.6. The Morgan fingerprint density at radius 3 is 2.52 bits per heavy atom. The molecule has 1 heterocycles. The topological polar surface area (TPSA) is 29.5 Å². The van der Waals surface area contributed by atoms with E-state index in [9.17, 15) is 5.11 Å². The van der Waals surface area contributed by atoms with Crippen molar-refractivity contribution in [3.8, 4) is 5.75 Å². The summed E-state index contributed by atoms with van der Waals surface area (Å²) < 4.78 is 8.89. The van der Waals surface area contributed by atoms with E-state index in [2.05, 4.69) is 49.4 Å². The van der Waals surface area contributed by atoms with Crippen molar-refractivity contribution in [2.24, 2.45) is 0 Å². The largest absolute Gasteiger partial charge is 0.486 e. The second kappa shape index (κ2) is 6.48. The Morgan fingerprint density at radius 1 is 1.10 bits per heavy atom. The first kappa shape index (κ1) is 15.0. The second-order valence-electron chi connectivity index (χ2n) is 4.59. The molecule has 21 heavy (non-hydrogen) atoms. The molecule has 0 saturated heterocycles. The van der Waals surface area contributed by atoms with Gasteiger partial charge in [0.05, 0.1) is 15.6 Å². The van der Waals surface area contributed by atoms with Gasteiger partial charge in [0.1, 0.15) is 12.4 Å². The first-order chi connectivity index (χ1) is 10.2. The van der Waals surface area contributed by atoms with Crippen molar-refractivity contribution in [2.75, 3.05) is 0 Å². The van der Waals surface area contributed by atoms with Crippen molar-refractivity contribution in [1.82, 2.24) is 0 Å². The van der Waals surface area contributed by atoms with Crippen molar-refractivity contribution < 1.29 is 9.84 Å². The van der Waals surface area contributed by atoms with Crippen LogP contribution in [0.1, 0.15) is 11.1 Å². The van der Waals surface area contributed by atoms with Gasteiger partial charge in [-0.1, -0.05) is 18.2 Å². The molecule has 1 N–H and O–H groups in total. The lowest BCUT2D eigenvalue weighted by Crippen LogP contribution is -1.97. The second-order valence-corrected chi connectivity index (χ2v) is 7.21. The standard InChI is InChI=1S/C16H12Br2O2S/c17-13-5-10(7-19)6-14(18)16(13)20-8-11-9-21-15-4-2-1-3-12(11)15/h1-6,9,19H,7-8H2. The van der Waals surface area contributed by atoms with Crippen molar-refractivity contribution in [3.05, 3.63) is 61.9 Å². The average Bonchev–Trinajstić information content (AvgIpc) is 2.89. The predicted octanol–water partition coefficient (Wildman–Crippen LogP) is 5.50. The van der Waals surface area contributed by atoms with E-state index < -0.39 is 0 Å². The number of ether oxygens (including phenoxy) is 1. The SMILES string of the molecule is OCc1cc(Br)c(OCc2csc3ccccc23)c(Br)c1. The number of benzene rings is 2. The van der Waals surface area contributed by atoms with Crippen molar-refractivity contribution in [3.63, 3.8) is 0 Å². The normalized spacial score (nSPS) is 11.0. The quantitative estimate of drug-likeness (QED) is 0.595. The van der Waals surface area contributed by atoms with E-state index in [0.717, 1.165) is 20.3 Å². The number of hydrogen-bond donors (Lipinski definition) is 1. The van der Waals surface area contributed by atoms with E-state index in [1.807, 2.05) is 24.3 Å². The number of thiophene rings is 1. The fourth-order valence-corrected chi connectivity index (χ4v) is 4.59. The molecule has 0 bridgehead atoms. The van der Waals surface area contributed by atoms with Crippen molar-refractivity contribution in [2.45, 2.75) is 13.2 Å². The minimum Gasteiger partial charge on any atom is -0.486 e. The first-order valence-corrected chi connectivity index (χ1v) is 8.82. The van der Waals surface area contributed by atoms with Crippen LogP contribution in [0, 0.1) is 0 Å². The van der Waals surface area contributed by atoms with E-state index in [-0.39, 0.29) is 6.61 Å². The van der Waals surface area contributed by atoms with Crippen LogP contribution in [0.15, 0.2) is 50.7 Å². The van der Waals surface area contributed by atoms with Gasteiger partial charge in [-0.05, 0) is 66.4 Å². The Morgan fingerprint density at radius 2 is 1.81 bits per heavy atom. The summed E-state index contributed by atoms with van der Waals surface area (Å²) in [4.78, 5) is 0.